The maximum absolute atomic E-state index is 8.50. The molecule has 1 aromatic rings. The average molecular weight is 196 g/mol. The van der Waals surface area contributed by atoms with Crippen LogP contribution in [0.3, 0.4) is 0 Å². The van der Waals surface area contributed by atoms with Crippen molar-refractivity contribution >= 4 is 18.7 Å². The van der Waals surface area contributed by atoms with Crippen LogP contribution in [0.2, 0.25) is 0 Å². The molecule has 0 radical (unpaired) electrons. The number of benzene rings is 1. The molecule has 2 nitrogen and oxygen atoms in total. The van der Waals surface area contributed by atoms with E-state index >= 15 is 0 Å². The van der Waals surface area contributed by atoms with Crippen LogP contribution < -0.4 is 4.52 Å². The third kappa shape index (κ3) is 2.58. The van der Waals surface area contributed by atoms with Gasteiger partial charge in [0.05, 0.1) is 11.6 Å². The van der Waals surface area contributed by atoms with E-state index in [9.17, 15) is 0 Å². The van der Waals surface area contributed by atoms with Gasteiger partial charge in [-0.25, -0.2) is 0 Å². The van der Waals surface area contributed by atoms with Crippen molar-refractivity contribution in [2.45, 2.75) is 0 Å². The molecular formula is C8H7NOPS+. The molecule has 60 valence electrons. The molecule has 0 aliphatic heterocycles. The van der Waals surface area contributed by atoms with Crippen LogP contribution >= 0.6 is 6.92 Å². The third-order valence-corrected chi connectivity index (χ3v) is 1.91. The van der Waals surface area contributed by atoms with Gasteiger partial charge in [0, 0.05) is 0 Å². The summed E-state index contributed by atoms with van der Waals surface area (Å²) in [5.41, 5.74) is 0.632. The molecule has 0 saturated carbocycles. The lowest BCUT2D eigenvalue weighted by Gasteiger charge is -1.92. The van der Waals surface area contributed by atoms with E-state index in [-0.39, 0.29) is 0 Å². The van der Waals surface area contributed by atoms with Crippen molar-refractivity contribution in [3.05, 3.63) is 29.8 Å². The van der Waals surface area contributed by atoms with Gasteiger partial charge in [-0.3, -0.25) is 4.52 Å². The molecule has 0 heterocycles. The Hall–Kier alpha value is -0.970. The van der Waals surface area contributed by atoms with Gasteiger partial charge in [0.1, 0.15) is 6.66 Å². The second-order valence-electron chi connectivity index (χ2n) is 2.17. The lowest BCUT2D eigenvalue weighted by atomic mass is 10.2. The minimum absolute atomic E-state index is 0.632. The Kier molecular flexibility index (Phi) is 3.16. The number of hydrogen-bond donors (Lipinski definition) is 0. The van der Waals surface area contributed by atoms with Gasteiger partial charge in [-0.05, 0) is 24.3 Å². The van der Waals surface area contributed by atoms with Gasteiger partial charge in [0.25, 0.3) is 0 Å². The van der Waals surface area contributed by atoms with Crippen LogP contribution in [0.15, 0.2) is 24.3 Å². The largest absolute Gasteiger partial charge is 0.384 e. The smallest absolute Gasteiger partial charge is 0.278 e. The molecular weight excluding hydrogens is 189 g/mol. The van der Waals surface area contributed by atoms with Crippen LogP contribution in [0.4, 0.5) is 0 Å². The zero-order valence-corrected chi connectivity index (χ0v) is 8.23. The summed E-state index contributed by atoms with van der Waals surface area (Å²) in [4.78, 5) is 0. The van der Waals surface area contributed by atoms with Crippen LogP contribution in [-0.4, -0.2) is 6.66 Å². The normalized spacial score (nSPS) is 10.2. The topological polar surface area (TPSA) is 33.0 Å². The SMILES string of the molecule is C[P+](=S)Oc1ccc(C#N)cc1. The van der Waals surface area contributed by atoms with E-state index in [2.05, 4.69) is 0 Å². The van der Waals surface area contributed by atoms with Gasteiger partial charge in [-0.15, -0.1) is 0 Å². The highest BCUT2D eigenvalue weighted by atomic mass is 32.4. The van der Waals surface area contributed by atoms with E-state index < -0.39 is 6.92 Å². The zero-order valence-electron chi connectivity index (χ0n) is 6.52. The molecule has 1 aromatic carbocycles. The fraction of sp³-hybridized carbons (Fsp3) is 0.125. The standard InChI is InChI=1S/C8H7NOPS/c1-11(12)10-8-4-2-7(6-9)3-5-8/h2-5H,1H3/q+1. The molecule has 0 saturated heterocycles. The molecule has 0 N–H and O–H groups in total. The van der Waals surface area contributed by atoms with E-state index in [0.717, 1.165) is 5.75 Å². The summed E-state index contributed by atoms with van der Waals surface area (Å²) in [7, 11) is 0. The fourth-order valence-corrected chi connectivity index (χ4v) is 1.42. The molecule has 0 aliphatic carbocycles. The van der Waals surface area contributed by atoms with Crippen molar-refractivity contribution in [3.63, 3.8) is 0 Å². The van der Waals surface area contributed by atoms with Crippen LogP contribution in [-0.2, 0) is 11.8 Å². The summed E-state index contributed by atoms with van der Waals surface area (Å²) in [5.74, 6) is 0.734. The van der Waals surface area contributed by atoms with E-state index in [1.54, 1.807) is 24.3 Å². The predicted octanol–water partition coefficient (Wildman–Crippen LogP) is 2.43. The molecule has 0 bridgehead atoms. The molecule has 0 fully saturated rings. The van der Waals surface area contributed by atoms with Crippen molar-refractivity contribution in [1.29, 1.82) is 5.26 Å². The number of hydrogen-bond acceptors (Lipinski definition) is 3. The predicted molar refractivity (Wildman–Crippen MR) is 52.0 cm³/mol. The quantitative estimate of drug-likeness (QED) is 0.681. The van der Waals surface area contributed by atoms with Crippen LogP contribution in [0.1, 0.15) is 5.56 Å². The van der Waals surface area contributed by atoms with Gasteiger partial charge in [0.2, 0.25) is 11.8 Å². The zero-order chi connectivity index (χ0) is 8.97. The maximum atomic E-state index is 8.50. The lowest BCUT2D eigenvalue weighted by Crippen LogP contribution is -1.79. The molecule has 4 heteroatoms. The Bertz CT molecular complexity index is 328. The molecule has 0 amide bonds. The minimum atomic E-state index is -0.790. The van der Waals surface area contributed by atoms with Gasteiger partial charge < -0.3 is 0 Å². The third-order valence-electron chi connectivity index (χ3n) is 1.22. The lowest BCUT2D eigenvalue weighted by molar-refractivity contribution is 0.633. The fourth-order valence-electron chi connectivity index (χ4n) is 0.739. The Morgan fingerprint density at radius 1 is 1.42 bits per heavy atom. The number of nitriles is 1. The first-order valence-corrected chi connectivity index (χ1v) is 6.03. The molecule has 1 unspecified atom stereocenters. The summed E-state index contributed by atoms with van der Waals surface area (Å²) >= 11 is 4.90. The second kappa shape index (κ2) is 4.15. The number of nitrogens with zero attached hydrogens (tertiary/aromatic N) is 1. The summed E-state index contributed by atoms with van der Waals surface area (Å²) in [5, 5.41) is 8.50. The van der Waals surface area contributed by atoms with Gasteiger partial charge in [-0.1, -0.05) is 0 Å². The molecule has 1 rings (SSSR count). The first-order valence-electron chi connectivity index (χ1n) is 3.31. The second-order valence-corrected chi connectivity index (χ2v) is 4.77. The Balaban J connectivity index is 2.80. The summed E-state index contributed by atoms with van der Waals surface area (Å²) in [6, 6.07) is 8.96. The highest BCUT2D eigenvalue weighted by Gasteiger charge is 2.03. The molecule has 12 heavy (non-hydrogen) atoms. The monoisotopic (exact) mass is 196 g/mol. The summed E-state index contributed by atoms with van der Waals surface area (Å²) in [6.07, 6.45) is 0. The van der Waals surface area contributed by atoms with Crippen molar-refractivity contribution in [1.82, 2.24) is 0 Å². The summed E-state index contributed by atoms with van der Waals surface area (Å²) < 4.78 is 5.28. The number of rotatable bonds is 2. The van der Waals surface area contributed by atoms with E-state index in [4.69, 9.17) is 21.6 Å². The molecule has 0 aliphatic rings. The highest BCUT2D eigenvalue weighted by molar-refractivity contribution is 8.02. The minimum Gasteiger partial charge on any atom is -0.278 e. The van der Waals surface area contributed by atoms with Gasteiger partial charge in [0.15, 0.2) is 5.75 Å². The molecule has 0 aromatic heterocycles. The highest BCUT2D eigenvalue weighted by Crippen LogP contribution is 2.23. The Morgan fingerprint density at radius 2 is 2.00 bits per heavy atom. The first kappa shape index (κ1) is 9.12. The van der Waals surface area contributed by atoms with E-state index in [0.29, 0.717) is 5.56 Å². The summed E-state index contributed by atoms with van der Waals surface area (Å²) in [6.45, 7) is 1.06. The van der Waals surface area contributed by atoms with Crippen LogP contribution in [0.5, 0.6) is 5.75 Å². The van der Waals surface area contributed by atoms with Crippen LogP contribution in [0, 0.1) is 11.3 Å². The average Bonchev–Trinajstić information content (AvgIpc) is 2.05. The van der Waals surface area contributed by atoms with E-state index in [1.165, 1.54) is 0 Å². The Morgan fingerprint density at radius 3 is 2.42 bits per heavy atom. The van der Waals surface area contributed by atoms with Crippen molar-refractivity contribution in [2.24, 2.45) is 0 Å². The van der Waals surface area contributed by atoms with Crippen molar-refractivity contribution in [3.8, 4) is 11.8 Å². The van der Waals surface area contributed by atoms with Crippen molar-refractivity contribution in [2.75, 3.05) is 6.66 Å². The van der Waals surface area contributed by atoms with E-state index in [1.807, 2.05) is 12.7 Å². The Labute approximate surface area is 77.3 Å². The first-order chi connectivity index (χ1) is 5.72. The van der Waals surface area contributed by atoms with Gasteiger partial charge in [-0.2, -0.15) is 5.26 Å². The maximum Gasteiger partial charge on any atom is 0.384 e. The van der Waals surface area contributed by atoms with Crippen LogP contribution in [0.25, 0.3) is 0 Å². The van der Waals surface area contributed by atoms with Gasteiger partial charge >= 0.3 is 6.92 Å². The molecule has 0 spiro atoms. The molecule has 1 atom stereocenters. The van der Waals surface area contributed by atoms with Crippen molar-refractivity contribution < 1.29 is 4.52 Å².